The van der Waals surface area contributed by atoms with Crippen LogP contribution in [0.2, 0.25) is 0 Å². The Balaban J connectivity index is 2.28. The van der Waals surface area contributed by atoms with E-state index in [0.29, 0.717) is 22.6 Å². The van der Waals surface area contributed by atoms with Gasteiger partial charge in [0.05, 0.1) is 1.37 Å². The fourth-order valence-electron chi connectivity index (χ4n) is 1.77. The van der Waals surface area contributed by atoms with Crippen LogP contribution < -0.4 is 4.74 Å². The van der Waals surface area contributed by atoms with Crippen molar-refractivity contribution >= 4 is 0 Å². The van der Waals surface area contributed by atoms with E-state index in [9.17, 15) is 5.11 Å². The summed E-state index contributed by atoms with van der Waals surface area (Å²) in [5, 5.41) is 10.3. The van der Waals surface area contributed by atoms with E-state index in [0.717, 1.165) is 0 Å². The first-order valence-electron chi connectivity index (χ1n) is 5.29. The Morgan fingerprint density at radius 3 is 1.93 bits per heavy atom. The van der Waals surface area contributed by atoms with Gasteiger partial charge in [0.2, 0.25) is 0 Å². The van der Waals surface area contributed by atoms with Gasteiger partial charge in [-0.05, 0) is 12.1 Å². The Bertz CT molecular complexity index is 502. The van der Waals surface area contributed by atoms with Crippen molar-refractivity contribution in [3.8, 4) is 11.5 Å². The third kappa shape index (κ3) is 1.22. The average molecular weight is 199 g/mol. The molecule has 0 unspecified atom stereocenters. The largest absolute Gasteiger partial charge is 0.457 e. The molecule has 74 valence electrons. The second-order valence-electron chi connectivity index (χ2n) is 3.44. The molecule has 0 aliphatic carbocycles. The molecule has 0 aromatic heterocycles. The van der Waals surface area contributed by atoms with Gasteiger partial charge in [-0.15, -0.1) is 0 Å². The molecular weight excluding hydrogens is 188 g/mol. The topological polar surface area (TPSA) is 29.5 Å². The molecule has 2 aromatic carbocycles. The van der Waals surface area contributed by atoms with Crippen molar-refractivity contribution in [2.75, 3.05) is 0 Å². The van der Waals surface area contributed by atoms with Crippen molar-refractivity contribution in [3.63, 3.8) is 0 Å². The predicted octanol–water partition coefficient (Wildman–Crippen LogP) is 2.87. The highest BCUT2D eigenvalue weighted by molar-refractivity contribution is 5.51. The summed E-state index contributed by atoms with van der Waals surface area (Å²) in [6, 6.07) is 14.1. The van der Waals surface area contributed by atoms with E-state index >= 15 is 0 Å². The van der Waals surface area contributed by atoms with Crippen LogP contribution in [0.5, 0.6) is 11.5 Å². The van der Waals surface area contributed by atoms with Gasteiger partial charge in [0, 0.05) is 11.1 Å². The van der Waals surface area contributed by atoms with E-state index < -0.39 is 6.08 Å². The Kier molecular flexibility index (Phi) is 1.55. The first-order valence-corrected chi connectivity index (χ1v) is 4.79. The van der Waals surface area contributed by atoms with E-state index in [1.165, 1.54) is 0 Å². The molecule has 2 nitrogen and oxygen atoms in total. The minimum Gasteiger partial charge on any atom is -0.457 e. The van der Waals surface area contributed by atoms with Crippen LogP contribution in [0, 0.1) is 0 Å². The lowest BCUT2D eigenvalue weighted by Gasteiger charge is -2.24. The van der Waals surface area contributed by atoms with Crippen LogP contribution in [0.4, 0.5) is 0 Å². The standard InChI is InChI=1S/C13H10O2/c14-13-9-5-1-3-7-11(9)15-12-8-4-2-6-10(12)13/h1-8,13-14H/i13D. The van der Waals surface area contributed by atoms with Crippen LogP contribution in [0.15, 0.2) is 48.5 Å². The molecule has 0 spiro atoms. The van der Waals surface area contributed by atoms with Crippen molar-refractivity contribution in [2.45, 2.75) is 6.08 Å². The lowest BCUT2D eigenvalue weighted by molar-refractivity contribution is 0.203. The average Bonchev–Trinajstić information content (AvgIpc) is 2.29. The minimum atomic E-state index is -1.73. The maximum atomic E-state index is 10.3. The SMILES string of the molecule is [2H]C1(O)c2ccccc2Oc2ccccc21. The highest BCUT2D eigenvalue weighted by atomic mass is 16.5. The summed E-state index contributed by atoms with van der Waals surface area (Å²) in [5.41, 5.74) is 0.961. The molecule has 1 aliphatic rings. The van der Waals surface area contributed by atoms with Gasteiger partial charge < -0.3 is 9.84 Å². The third-order valence-electron chi connectivity index (χ3n) is 2.50. The lowest BCUT2D eigenvalue weighted by Crippen LogP contribution is -2.08. The molecule has 0 radical (unpaired) electrons. The first kappa shape index (κ1) is 7.49. The van der Waals surface area contributed by atoms with Gasteiger partial charge in [-0.1, -0.05) is 36.4 Å². The maximum absolute atomic E-state index is 10.3. The number of rotatable bonds is 0. The van der Waals surface area contributed by atoms with Gasteiger partial charge in [0.1, 0.15) is 17.6 Å². The zero-order valence-electron chi connectivity index (χ0n) is 8.97. The number of hydrogen-bond acceptors (Lipinski definition) is 2. The van der Waals surface area contributed by atoms with Crippen molar-refractivity contribution in [1.29, 1.82) is 0 Å². The molecule has 1 aliphatic heterocycles. The van der Waals surface area contributed by atoms with E-state index in [-0.39, 0.29) is 0 Å². The minimum absolute atomic E-state index is 0.480. The Hall–Kier alpha value is -1.80. The number of benzene rings is 2. The molecule has 0 bridgehead atoms. The summed E-state index contributed by atoms with van der Waals surface area (Å²) in [7, 11) is 0. The van der Waals surface area contributed by atoms with Crippen LogP contribution in [0.25, 0.3) is 0 Å². The number of hydrogen-bond donors (Lipinski definition) is 1. The fourth-order valence-corrected chi connectivity index (χ4v) is 1.77. The zero-order chi connectivity index (χ0) is 11.2. The summed E-state index contributed by atoms with van der Waals surface area (Å²) >= 11 is 0. The molecule has 2 heteroatoms. The summed E-state index contributed by atoms with van der Waals surface area (Å²) in [4.78, 5) is 0. The van der Waals surface area contributed by atoms with Crippen molar-refractivity contribution in [1.82, 2.24) is 0 Å². The van der Waals surface area contributed by atoms with Crippen LogP contribution in [-0.4, -0.2) is 5.11 Å². The van der Waals surface area contributed by atoms with E-state index in [4.69, 9.17) is 6.11 Å². The van der Waals surface area contributed by atoms with Crippen molar-refractivity contribution in [2.24, 2.45) is 0 Å². The van der Waals surface area contributed by atoms with Crippen LogP contribution >= 0.6 is 0 Å². The summed E-state index contributed by atoms with van der Waals surface area (Å²) in [6.07, 6.45) is -1.73. The maximum Gasteiger partial charge on any atom is 0.133 e. The Morgan fingerprint density at radius 1 is 0.933 bits per heavy atom. The fraction of sp³-hybridized carbons (Fsp3) is 0.0769. The molecule has 2 aromatic rings. The monoisotopic (exact) mass is 199 g/mol. The molecule has 0 fully saturated rings. The van der Waals surface area contributed by atoms with Gasteiger partial charge in [-0.3, -0.25) is 0 Å². The predicted molar refractivity (Wildman–Crippen MR) is 57.0 cm³/mol. The number of fused-ring (bicyclic) bond motifs is 2. The van der Waals surface area contributed by atoms with E-state index in [2.05, 4.69) is 0 Å². The molecule has 1 N–H and O–H groups in total. The molecule has 0 saturated heterocycles. The smallest absolute Gasteiger partial charge is 0.133 e. The Labute approximate surface area is 89.2 Å². The molecule has 0 atom stereocenters. The summed E-state index contributed by atoms with van der Waals surface area (Å²) < 4.78 is 13.7. The molecule has 3 rings (SSSR count). The van der Waals surface area contributed by atoms with Gasteiger partial charge in [-0.2, -0.15) is 0 Å². The number of ether oxygens (including phenoxy) is 1. The highest BCUT2D eigenvalue weighted by Gasteiger charge is 2.24. The van der Waals surface area contributed by atoms with Crippen molar-refractivity contribution in [3.05, 3.63) is 59.7 Å². The zero-order valence-corrected chi connectivity index (χ0v) is 7.97. The Morgan fingerprint density at radius 2 is 1.40 bits per heavy atom. The molecule has 1 heterocycles. The third-order valence-corrected chi connectivity index (χ3v) is 2.50. The molecule has 15 heavy (non-hydrogen) atoms. The van der Waals surface area contributed by atoms with Crippen LogP contribution in [0.1, 0.15) is 18.6 Å². The molecular formula is C13H10O2. The van der Waals surface area contributed by atoms with Crippen LogP contribution in [-0.2, 0) is 0 Å². The van der Waals surface area contributed by atoms with Gasteiger partial charge in [-0.25, -0.2) is 0 Å². The number of para-hydroxylation sites is 2. The summed E-state index contributed by atoms with van der Waals surface area (Å²) in [5.74, 6) is 1.08. The summed E-state index contributed by atoms with van der Waals surface area (Å²) in [6.45, 7) is 0. The molecule has 0 amide bonds. The van der Waals surface area contributed by atoms with Gasteiger partial charge in [0.25, 0.3) is 0 Å². The van der Waals surface area contributed by atoms with Crippen LogP contribution in [0.3, 0.4) is 0 Å². The lowest BCUT2D eigenvalue weighted by atomic mass is 9.97. The molecule has 0 saturated carbocycles. The number of aliphatic hydroxyl groups is 1. The van der Waals surface area contributed by atoms with E-state index in [1.807, 2.05) is 12.1 Å². The van der Waals surface area contributed by atoms with E-state index in [1.54, 1.807) is 36.4 Å². The second-order valence-corrected chi connectivity index (χ2v) is 3.44. The van der Waals surface area contributed by atoms with Crippen molar-refractivity contribution < 1.29 is 11.2 Å². The highest BCUT2D eigenvalue weighted by Crippen LogP contribution is 2.42. The van der Waals surface area contributed by atoms with Gasteiger partial charge >= 0.3 is 0 Å². The van der Waals surface area contributed by atoms with Gasteiger partial charge in [0.15, 0.2) is 0 Å². The second kappa shape index (κ2) is 3.11. The quantitative estimate of drug-likeness (QED) is 0.707. The first-order chi connectivity index (χ1) is 7.69. The normalized spacial score (nSPS) is 17.0.